The van der Waals surface area contributed by atoms with Gasteiger partial charge in [0.25, 0.3) is 0 Å². The largest absolute Gasteiger partial charge is 0.496 e. The molecule has 0 spiro atoms. The number of hydrogen-bond acceptors (Lipinski definition) is 3. The predicted molar refractivity (Wildman–Crippen MR) is 99.3 cm³/mol. The van der Waals surface area contributed by atoms with Crippen LogP contribution in [0.4, 0.5) is 0 Å². The number of carbonyl (C=O) groups is 1. The van der Waals surface area contributed by atoms with Crippen LogP contribution in [0.3, 0.4) is 0 Å². The molecule has 1 fully saturated rings. The second kappa shape index (κ2) is 8.34. The van der Waals surface area contributed by atoms with Gasteiger partial charge < -0.3 is 9.64 Å². The molecule has 1 heterocycles. The molecule has 1 aromatic rings. The molecule has 4 heteroatoms. The molecule has 0 bridgehead atoms. The molecule has 0 atom stereocenters. The number of hydrogen-bond donors (Lipinski definition) is 0. The van der Waals surface area contributed by atoms with E-state index in [1.54, 1.807) is 12.0 Å². The molecule has 0 aliphatic carbocycles. The van der Waals surface area contributed by atoms with Gasteiger partial charge in [-0.3, -0.25) is 9.69 Å². The van der Waals surface area contributed by atoms with Gasteiger partial charge in [-0.1, -0.05) is 25.5 Å². The van der Waals surface area contributed by atoms with Gasteiger partial charge in [-0.25, -0.2) is 0 Å². The molecule has 0 unspecified atom stereocenters. The molecule has 1 aliphatic rings. The van der Waals surface area contributed by atoms with Crippen molar-refractivity contribution in [2.45, 2.75) is 40.2 Å². The Morgan fingerprint density at radius 3 is 2.67 bits per heavy atom. The van der Waals surface area contributed by atoms with Crippen molar-refractivity contribution in [3.8, 4) is 5.75 Å². The third-order valence-corrected chi connectivity index (χ3v) is 4.84. The minimum Gasteiger partial charge on any atom is -0.496 e. The van der Waals surface area contributed by atoms with E-state index in [0.717, 1.165) is 38.2 Å². The molecular formula is C20H30N2O2. The van der Waals surface area contributed by atoms with Crippen molar-refractivity contribution in [1.29, 1.82) is 0 Å². The SMILES string of the molecule is CCC/C=C\c1c(C)c(C)cc(OC)c1CN1CCN(C)C(=O)C1. The number of allylic oxidation sites excluding steroid dienone is 1. The summed E-state index contributed by atoms with van der Waals surface area (Å²) in [5.41, 5.74) is 4.96. The van der Waals surface area contributed by atoms with Crippen molar-refractivity contribution in [2.24, 2.45) is 0 Å². The topological polar surface area (TPSA) is 32.8 Å². The molecule has 4 nitrogen and oxygen atoms in total. The van der Waals surface area contributed by atoms with Gasteiger partial charge >= 0.3 is 0 Å². The molecule has 1 saturated heterocycles. The number of methoxy groups -OCH3 is 1. The average molecular weight is 330 g/mol. The molecule has 1 aliphatic heterocycles. The van der Waals surface area contributed by atoms with Crippen LogP contribution < -0.4 is 4.74 Å². The molecule has 1 amide bonds. The van der Waals surface area contributed by atoms with E-state index in [-0.39, 0.29) is 5.91 Å². The summed E-state index contributed by atoms with van der Waals surface area (Å²) in [6, 6.07) is 2.11. The molecular weight excluding hydrogens is 300 g/mol. The Hall–Kier alpha value is -1.81. The summed E-state index contributed by atoms with van der Waals surface area (Å²) >= 11 is 0. The Kier molecular flexibility index (Phi) is 6.44. The minimum absolute atomic E-state index is 0.187. The van der Waals surface area contributed by atoms with Crippen LogP contribution in [-0.4, -0.2) is 49.5 Å². The number of rotatable bonds is 6. The number of aryl methyl sites for hydroxylation is 1. The Bertz CT molecular complexity index is 623. The second-order valence-electron chi connectivity index (χ2n) is 6.63. The lowest BCUT2D eigenvalue weighted by Crippen LogP contribution is -2.48. The maximum atomic E-state index is 12.0. The van der Waals surface area contributed by atoms with Crippen molar-refractivity contribution in [2.75, 3.05) is 33.8 Å². The molecule has 0 aromatic heterocycles. The Morgan fingerprint density at radius 2 is 2.04 bits per heavy atom. The Morgan fingerprint density at radius 1 is 1.29 bits per heavy atom. The van der Waals surface area contributed by atoms with Gasteiger partial charge in [-0.2, -0.15) is 0 Å². The second-order valence-corrected chi connectivity index (χ2v) is 6.63. The van der Waals surface area contributed by atoms with Crippen LogP contribution in [0.15, 0.2) is 12.1 Å². The van der Waals surface area contributed by atoms with E-state index in [1.807, 2.05) is 7.05 Å². The number of amides is 1. The zero-order valence-corrected chi connectivity index (χ0v) is 15.7. The summed E-state index contributed by atoms with van der Waals surface area (Å²) in [6.07, 6.45) is 6.67. The number of carbonyl (C=O) groups excluding carboxylic acids is 1. The van der Waals surface area contributed by atoms with Gasteiger partial charge in [0.15, 0.2) is 0 Å². The highest BCUT2D eigenvalue weighted by Crippen LogP contribution is 2.31. The lowest BCUT2D eigenvalue weighted by atomic mass is 9.95. The van der Waals surface area contributed by atoms with Crippen LogP contribution in [0.1, 0.15) is 42.0 Å². The zero-order chi connectivity index (χ0) is 17.7. The minimum atomic E-state index is 0.187. The van der Waals surface area contributed by atoms with Crippen molar-refractivity contribution >= 4 is 12.0 Å². The lowest BCUT2D eigenvalue weighted by molar-refractivity contribution is -0.134. The van der Waals surface area contributed by atoms with E-state index < -0.39 is 0 Å². The average Bonchev–Trinajstić information content (AvgIpc) is 2.56. The summed E-state index contributed by atoms with van der Waals surface area (Å²) in [7, 11) is 3.59. The number of piperazine rings is 1. The van der Waals surface area contributed by atoms with Gasteiger partial charge in [0.2, 0.25) is 5.91 Å². The summed E-state index contributed by atoms with van der Waals surface area (Å²) < 4.78 is 5.66. The zero-order valence-electron chi connectivity index (χ0n) is 15.7. The fraction of sp³-hybridized carbons (Fsp3) is 0.550. The first-order valence-electron chi connectivity index (χ1n) is 8.77. The smallest absolute Gasteiger partial charge is 0.236 e. The normalized spacial score (nSPS) is 16.2. The van der Waals surface area contributed by atoms with Crippen LogP contribution in [0.2, 0.25) is 0 Å². The highest BCUT2D eigenvalue weighted by molar-refractivity contribution is 5.78. The highest BCUT2D eigenvalue weighted by Gasteiger charge is 2.23. The molecule has 1 aromatic carbocycles. The van der Waals surface area contributed by atoms with E-state index in [4.69, 9.17) is 4.74 Å². The molecule has 0 N–H and O–H groups in total. The molecule has 24 heavy (non-hydrogen) atoms. The monoisotopic (exact) mass is 330 g/mol. The third kappa shape index (κ3) is 4.18. The predicted octanol–water partition coefficient (Wildman–Crippen LogP) is 3.40. The number of benzene rings is 1. The maximum absolute atomic E-state index is 12.0. The molecule has 0 radical (unpaired) electrons. The van der Waals surface area contributed by atoms with E-state index in [9.17, 15) is 4.79 Å². The number of nitrogens with zero attached hydrogens (tertiary/aromatic N) is 2. The van der Waals surface area contributed by atoms with Crippen LogP contribution in [0.5, 0.6) is 5.75 Å². The van der Waals surface area contributed by atoms with Gasteiger partial charge in [-0.05, 0) is 43.0 Å². The first-order valence-corrected chi connectivity index (χ1v) is 8.77. The molecule has 0 saturated carbocycles. The van der Waals surface area contributed by atoms with E-state index in [2.05, 4.69) is 43.9 Å². The van der Waals surface area contributed by atoms with Gasteiger partial charge in [0, 0.05) is 32.2 Å². The van der Waals surface area contributed by atoms with Crippen LogP contribution >= 0.6 is 0 Å². The summed E-state index contributed by atoms with van der Waals surface area (Å²) in [5, 5.41) is 0. The number of ether oxygens (including phenoxy) is 1. The van der Waals surface area contributed by atoms with Gasteiger partial charge in [0.05, 0.1) is 13.7 Å². The molecule has 132 valence electrons. The molecule has 2 rings (SSSR count). The van der Waals surface area contributed by atoms with Crippen LogP contribution in [-0.2, 0) is 11.3 Å². The summed E-state index contributed by atoms with van der Waals surface area (Å²) in [6.45, 7) is 9.38. The van der Waals surface area contributed by atoms with Crippen molar-refractivity contribution in [3.63, 3.8) is 0 Å². The first-order chi connectivity index (χ1) is 11.5. The Balaban J connectivity index is 2.35. The van der Waals surface area contributed by atoms with Crippen molar-refractivity contribution in [3.05, 3.63) is 34.4 Å². The summed E-state index contributed by atoms with van der Waals surface area (Å²) in [4.78, 5) is 16.0. The van der Waals surface area contributed by atoms with Gasteiger partial charge in [0.1, 0.15) is 5.75 Å². The van der Waals surface area contributed by atoms with Crippen LogP contribution in [0, 0.1) is 13.8 Å². The maximum Gasteiger partial charge on any atom is 0.236 e. The van der Waals surface area contributed by atoms with E-state index in [0.29, 0.717) is 6.54 Å². The first kappa shape index (κ1) is 18.5. The van der Waals surface area contributed by atoms with Crippen LogP contribution in [0.25, 0.3) is 6.08 Å². The highest BCUT2D eigenvalue weighted by atomic mass is 16.5. The summed E-state index contributed by atoms with van der Waals surface area (Å²) in [5.74, 6) is 1.10. The fourth-order valence-corrected chi connectivity index (χ4v) is 3.07. The lowest BCUT2D eigenvalue weighted by Gasteiger charge is -2.32. The fourth-order valence-electron chi connectivity index (χ4n) is 3.07. The van der Waals surface area contributed by atoms with E-state index in [1.165, 1.54) is 22.3 Å². The van der Waals surface area contributed by atoms with Crippen molar-refractivity contribution < 1.29 is 9.53 Å². The number of likely N-dealkylation sites (N-methyl/N-ethyl adjacent to an activating group) is 1. The quantitative estimate of drug-likeness (QED) is 0.801. The third-order valence-electron chi connectivity index (χ3n) is 4.84. The van der Waals surface area contributed by atoms with Crippen molar-refractivity contribution in [1.82, 2.24) is 9.80 Å². The van der Waals surface area contributed by atoms with Gasteiger partial charge in [-0.15, -0.1) is 0 Å². The number of unbranched alkanes of at least 4 members (excludes halogenated alkanes) is 1. The standard InChI is InChI=1S/C20H30N2O2/c1-6-7-8-9-17-16(3)15(2)12-19(24-5)18(17)13-22-11-10-21(4)20(23)14-22/h8-9,12H,6-7,10-11,13-14H2,1-5H3/b9-8-. The Labute approximate surface area is 146 Å². The van der Waals surface area contributed by atoms with E-state index >= 15 is 0 Å².